The van der Waals surface area contributed by atoms with Crippen LogP contribution in [0, 0.1) is 6.92 Å². The first-order valence-corrected chi connectivity index (χ1v) is 4.94. The molecule has 0 saturated heterocycles. The molecule has 1 nitrogen and oxygen atoms in total. The highest BCUT2D eigenvalue weighted by molar-refractivity contribution is 5.75. The molecule has 3 heteroatoms. The second-order valence-corrected chi connectivity index (χ2v) is 4.21. The summed E-state index contributed by atoms with van der Waals surface area (Å²) >= 11 is 0. The minimum absolute atomic E-state index is 0.483. The summed E-state index contributed by atoms with van der Waals surface area (Å²) in [6.45, 7) is 1.82. The van der Waals surface area contributed by atoms with Crippen molar-refractivity contribution in [1.82, 2.24) is 0 Å². The summed E-state index contributed by atoms with van der Waals surface area (Å²) in [6, 6.07) is 5.05. The Morgan fingerprint density at radius 1 is 1.33 bits per heavy atom. The molecular weight excluding hydrogens is 198 g/mol. The number of carbonyl (C=O) groups is 1. The maximum absolute atomic E-state index is 12.8. The normalized spacial score (nSPS) is 17.9. The lowest BCUT2D eigenvalue weighted by Gasteiger charge is -2.15. The summed E-state index contributed by atoms with van der Waals surface area (Å²) in [6.07, 6.45) is -0.588. The maximum atomic E-state index is 12.8. The van der Waals surface area contributed by atoms with Crippen molar-refractivity contribution < 1.29 is 13.6 Å². The van der Waals surface area contributed by atoms with E-state index in [0.29, 0.717) is 30.3 Å². The van der Waals surface area contributed by atoms with Crippen molar-refractivity contribution in [3.63, 3.8) is 0 Å². The molecule has 0 radical (unpaired) electrons. The molecule has 0 amide bonds. The van der Waals surface area contributed by atoms with E-state index in [1.807, 2.05) is 6.92 Å². The second kappa shape index (κ2) is 3.40. The number of hydrogen-bond acceptors (Lipinski definition) is 1. The van der Waals surface area contributed by atoms with E-state index in [9.17, 15) is 13.6 Å². The smallest absolute Gasteiger partial charge is 0.248 e. The monoisotopic (exact) mass is 210 g/mol. The van der Waals surface area contributed by atoms with Gasteiger partial charge in [-0.1, -0.05) is 11.6 Å². The predicted octanol–water partition coefficient (Wildman–Crippen LogP) is 3.10. The molecule has 0 spiro atoms. The zero-order valence-corrected chi connectivity index (χ0v) is 8.47. The van der Waals surface area contributed by atoms with E-state index in [2.05, 4.69) is 0 Å². The van der Waals surface area contributed by atoms with Gasteiger partial charge in [-0.2, -0.15) is 0 Å². The van der Waals surface area contributed by atoms with E-state index in [-0.39, 0.29) is 0 Å². The van der Waals surface area contributed by atoms with Crippen LogP contribution in [-0.4, -0.2) is 12.7 Å². The summed E-state index contributed by atoms with van der Waals surface area (Å²) in [7, 11) is 0. The Kier molecular flexibility index (Phi) is 2.33. The summed E-state index contributed by atoms with van der Waals surface area (Å²) < 4.78 is 25.7. The molecular formula is C12H12F2O. The molecule has 1 aromatic carbocycles. The molecule has 2 rings (SSSR count). The van der Waals surface area contributed by atoms with Gasteiger partial charge < -0.3 is 0 Å². The molecule has 0 atom stereocenters. The molecule has 1 aliphatic carbocycles. The van der Waals surface area contributed by atoms with Gasteiger partial charge in [-0.25, -0.2) is 8.78 Å². The van der Waals surface area contributed by atoms with E-state index in [4.69, 9.17) is 0 Å². The first-order chi connectivity index (χ1) is 7.08. The lowest BCUT2D eigenvalue weighted by Crippen LogP contribution is -2.17. The molecule has 0 aromatic heterocycles. The van der Waals surface area contributed by atoms with Crippen molar-refractivity contribution in [1.29, 1.82) is 0 Å². The number of aldehydes is 1. The summed E-state index contributed by atoms with van der Waals surface area (Å²) in [5.41, 5.74) is 0.988. The molecule has 0 bridgehead atoms. The Hall–Kier alpha value is -1.25. The predicted molar refractivity (Wildman–Crippen MR) is 53.5 cm³/mol. The van der Waals surface area contributed by atoms with E-state index >= 15 is 0 Å². The van der Waals surface area contributed by atoms with Crippen LogP contribution in [0.15, 0.2) is 18.2 Å². The summed E-state index contributed by atoms with van der Waals surface area (Å²) in [5, 5.41) is 0. The van der Waals surface area contributed by atoms with Crippen LogP contribution in [0.4, 0.5) is 8.78 Å². The van der Waals surface area contributed by atoms with Gasteiger partial charge in [0, 0.05) is 5.56 Å². The topological polar surface area (TPSA) is 17.1 Å². The molecule has 15 heavy (non-hydrogen) atoms. The van der Waals surface area contributed by atoms with Crippen LogP contribution in [0.1, 0.15) is 34.3 Å². The third kappa shape index (κ3) is 1.66. The summed E-state index contributed by atoms with van der Waals surface area (Å²) in [4.78, 5) is 10.6. The third-order valence-corrected chi connectivity index (χ3v) is 3.02. The Balaban J connectivity index is 2.44. The second-order valence-electron chi connectivity index (χ2n) is 4.21. The fourth-order valence-electron chi connectivity index (χ4n) is 1.94. The lowest BCUT2D eigenvalue weighted by atomic mass is 9.93. The van der Waals surface area contributed by atoms with Crippen molar-refractivity contribution in [2.45, 2.75) is 31.6 Å². The minimum Gasteiger partial charge on any atom is -0.298 e. The Bertz CT molecular complexity index is 395. The first kappa shape index (κ1) is 10.3. The minimum atomic E-state index is -2.33. The van der Waals surface area contributed by atoms with Gasteiger partial charge in [-0.05, 0) is 37.5 Å². The van der Waals surface area contributed by atoms with Crippen molar-refractivity contribution in [2.75, 3.05) is 0 Å². The number of aryl methyl sites for hydroxylation is 1. The van der Waals surface area contributed by atoms with Crippen molar-refractivity contribution >= 4 is 6.29 Å². The lowest BCUT2D eigenvalue weighted by molar-refractivity contribution is 0.101. The Morgan fingerprint density at radius 3 is 2.47 bits per heavy atom. The molecule has 80 valence electrons. The fraction of sp³-hybridized carbons (Fsp3) is 0.417. The van der Waals surface area contributed by atoms with E-state index in [0.717, 1.165) is 5.56 Å². The van der Waals surface area contributed by atoms with E-state index in [1.165, 1.54) is 0 Å². The molecule has 0 aliphatic heterocycles. The number of halogens is 2. The van der Waals surface area contributed by atoms with Crippen molar-refractivity contribution in [2.24, 2.45) is 0 Å². The molecule has 0 unspecified atom stereocenters. The van der Waals surface area contributed by atoms with Crippen LogP contribution in [0.25, 0.3) is 0 Å². The van der Waals surface area contributed by atoms with Gasteiger partial charge in [0.05, 0.1) is 5.41 Å². The SMILES string of the molecule is Cc1cc(C=O)cc(C2(C(F)F)CC2)c1. The molecule has 1 aromatic rings. The number of benzene rings is 1. The summed E-state index contributed by atoms with van der Waals surface area (Å²) in [5.74, 6) is 0. The highest BCUT2D eigenvalue weighted by atomic mass is 19.3. The van der Waals surface area contributed by atoms with Crippen LogP contribution in [0.5, 0.6) is 0 Å². The third-order valence-electron chi connectivity index (χ3n) is 3.02. The van der Waals surface area contributed by atoms with Gasteiger partial charge >= 0.3 is 0 Å². The van der Waals surface area contributed by atoms with Crippen molar-refractivity contribution in [3.8, 4) is 0 Å². The number of hydrogen-bond donors (Lipinski definition) is 0. The van der Waals surface area contributed by atoms with Gasteiger partial charge in [0.1, 0.15) is 6.29 Å². The van der Waals surface area contributed by atoms with Gasteiger partial charge in [0.15, 0.2) is 0 Å². The molecule has 1 fully saturated rings. The van der Waals surface area contributed by atoms with Crippen LogP contribution >= 0.6 is 0 Å². The maximum Gasteiger partial charge on any atom is 0.248 e. The van der Waals surface area contributed by atoms with Gasteiger partial charge in [0.25, 0.3) is 0 Å². The molecule has 0 heterocycles. The van der Waals surface area contributed by atoms with Crippen LogP contribution < -0.4 is 0 Å². The van der Waals surface area contributed by atoms with Gasteiger partial charge in [-0.3, -0.25) is 4.79 Å². The number of alkyl halides is 2. The van der Waals surface area contributed by atoms with Gasteiger partial charge in [-0.15, -0.1) is 0 Å². The van der Waals surface area contributed by atoms with E-state index in [1.54, 1.807) is 18.2 Å². The Morgan fingerprint density at radius 2 is 2.00 bits per heavy atom. The fourth-order valence-corrected chi connectivity index (χ4v) is 1.94. The van der Waals surface area contributed by atoms with Crippen LogP contribution in [0.3, 0.4) is 0 Å². The largest absolute Gasteiger partial charge is 0.298 e. The first-order valence-electron chi connectivity index (χ1n) is 4.94. The van der Waals surface area contributed by atoms with Crippen LogP contribution in [0.2, 0.25) is 0 Å². The number of rotatable bonds is 3. The molecule has 1 saturated carbocycles. The number of carbonyl (C=O) groups excluding carboxylic acids is 1. The highest BCUT2D eigenvalue weighted by Crippen LogP contribution is 2.52. The van der Waals surface area contributed by atoms with E-state index < -0.39 is 11.8 Å². The molecule has 0 N–H and O–H groups in total. The Labute approximate surface area is 87.1 Å². The highest BCUT2D eigenvalue weighted by Gasteiger charge is 2.52. The molecule has 1 aliphatic rings. The van der Waals surface area contributed by atoms with Crippen LogP contribution in [-0.2, 0) is 5.41 Å². The zero-order valence-electron chi connectivity index (χ0n) is 8.47. The zero-order chi connectivity index (χ0) is 11.1. The van der Waals surface area contributed by atoms with Gasteiger partial charge in [0.2, 0.25) is 6.43 Å². The quantitative estimate of drug-likeness (QED) is 0.700. The average molecular weight is 210 g/mol. The average Bonchev–Trinajstić information content (AvgIpc) is 2.97. The van der Waals surface area contributed by atoms with Crippen molar-refractivity contribution in [3.05, 3.63) is 34.9 Å². The standard InChI is InChI=1S/C12H12F2O/c1-8-4-9(7-15)6-10(5-8)12(2-3-12)11(13)14/h4-7,11H,2-3H2,1H3.